The maximum atomic E-state index is 8.05. The topological polar surface area (TPSA) is 45.5 Å². The van der Waals surface area contributed by atoms with E-state index in [0.29, 0.717) is 5.69 Å². The van der Waals surface area contributed by atoms with E-state index in [1.54, 1.807) is 18.3 Å². The second-order valence-electron chi connectivity index (χ2n) is 1.50. The molecule has 0 aliphatic heterocycles. The van der Waals surface area contributed by atoms with E-state index in [-0.39, 0.29) is 0 Å². The molecule has 0 saturated heterocycles. The minimum absolute atomic E-state index is 0.653. The number of aromatic nitrogens is 1. The average Bonchev–Trinajstić information content (AvgIpc) is 1.91. The number of nitrogens with zero attached hydrogens (tertiary/aromatic N) is 2. The lowest BCUT2D eigenvalue weighted by molar-refractivity contribution is 0.321. The van der Waals surface area contributed by atoms with Crippen LogP contribution >= 0.6 is 0 Å². The van der Waals surface area contributed by atoms with E-state index in [1.165, 1.54) is 6.21 Å². The van der Waals surface area contributed by atoms with Crippen molar-refractivity contribution in [2.75, 3.05) is 0 Å². The van der Waals surface area contributed by atoms with E-state index in [0.717, 1.165) is 0 Å². The number of pyridine rings is 1. The summed E-state index contributed by atoms with van der Waals surface area (Å²) in [7, 11) is 0. The van der Waals surface area contributed by atoms with Crippen LogP contribution in [0.4, 0.5) is 0 Å². The minimum Gasteiger partial charge on any atom is -0.411 e. The van der Waals surface area contributed by atoms with E-state index < -0.39 is 0 Å². The SMILES string of the molecule is O/N=C/c1ccccn1. The maximum absolute atomic E-state index is 8.05. The summed E-state index contributed by atoms with van der Waals surface area (Å²) in [5.41, 5.74) is 0.653. The van der Waals surface area contributed by atoms with Gasteiger partial charge in [-0.05, 0) is 12.1 Å². The molecule has 0 spiro atoms. The summed E-state index contributed by atoms with van der Waals surface area (Å²) in [6.07, 6.45) is 2.91. The lowest BCUT2D eigenvalue weighted by Gasteiger charge is -1.84. The summed E-state index contributed by atoms with van der Waals surface area (Å²) in [5, 5.41) is 10.9. The highest BCUT2D eigenvalue weighted by Gasteiger charge is 1.81. The van der Waals surface area contributed by atoms with Crippen LogP contribution in [0, 0.1) is 0 Å². The van der Waals surface area contributed by atoms with Crippen molar-refractivity contribution in [1.29, 1.82) is 0 Å². The van der Waals surface area contributed by atoms with Crippen molar-refractivity contribution in [2.24, 2.45) is 5.16 Å². The summed E-state index contributed by atoms with van der Waals surface area (Å²) in [6.45, 7) is 0. The maximum Gasteiger partial charge on any atom is 0.0918 e. The van der Waals surface area contributed by atoms with Crippen LogP contribution in [-0.4, -0.2) is 16.4 Å². The summed E-state index contributed by atoms with van der Waals surface area (Å²) in [6, 6.07) is 5.37. The fraction of sp³-hybridized carbons (Fsp3) is 0. The Hall–Kier alpha value is -1.38. The molecule has 3 heteroatoms. The number of rotatable bonds is 1. The third kappa shape index (κ3) is 1.53. The van der Waals surface area contributed by atoms with Gasteiger partial charge < -0.3 is 5.21 Å². The van der Waals surface area contributed by atoms with Crippen LogP contribution in [-0.2, 0) is 0 Å². The molecule has 0 atom stereocenters. The van der Waals surface area contributed by atoms with Crippen LogP contribution in [0.5, 0.6) is 0 Å². The molecule has 1 aromatic rings. The Kier molecular flexibility index (Phi) is 1.80. The quantitative estimate of drug-likeness (QED) is 0.341. The van der Waals surface area contributed by atoms with Crippen molar-refractivity contribution in [3.05, 3.63) is 30.1 Å². The number of hydrogen-bond donors (Lipinski definition) is 1. The van der Waals surface area contributed by atoms with Crippen LogP contribution in [0.2, 0.25) is 0 Å². The van der Waals surface area contributed by atoms with E-state index in [2.05, 4.69) is 10.1 Å². The predicted molar refractivity (Wildman–Crippen MR) is 33.6 cm³/mol. The van der Waals surface area contributed by atoms with Crippen LogP contribution in [0.1, 0.15) is 5.69 Å². The van der Waals surface area contributed by atoms with E-state index in [9.17, 15) is 0 Å². The zero-order valence-electron chi connectivity index (χ0n) is 4.73. The highest BCUT2D eigenvalue weighted by atomic mass is 16.4. The van der Waals surface area contributed by atoms with Gasteiger partial charge in [0.25, 0.3) is 0 Å². The zero-order chi connectivity index (χ0) is 6.53. The molecule has 0 radical (unpaired) electrons. The normalized spacial score (nSPS) is 10.2. The van der Waals surface area contributed by atoms with Gasteiger partial charge in [-0.2, -0.15) is 0 Å². The van der Waals surface area contributed by atoms with Gasteiger partial charge in [0.2, 0.25) is 0 Å². The van der Waals surface area contributed by atoms with Crippen LogP contribution in [0.3, 0.4) is 0 Å². The van der Waals surface area contributed by atoms with Gasteiger partial charge in [0, 0.05) is 6.20 Å². The first-order valence-electron chi connectivity index (χ1n) is 2.52. The molecule has 1 aromatic heterocycles. The van der Waals surface area contributed by atoms with Crippen molar-refractivity contribution < 1.29 is 5.21 Å². The molecular formula is C6H6N2O. The summed E-state index contributed by atoms with van der Waals surface area (Å²) in [5.74, 6) is 0. The molecule has 0 amide bonds. The molecule has 0 unspecified atom stereocenters. The first-order valence-corrected chi connectivity index (χ1v) is 2.52. The molecule has 0 saturated carbocycles. The molecule has 3 nitrogen and oxygen atoms in total. The largest absolute Gasteiger partial charge is 0.411 e. The number of oxime groups is 1. The smallest absolute Gasteiger partial charge is 0.0918 e. The Morgan fingerprint density at radius 3 is 3.00 bits per heavy atom. The van der Waals surface area contributed by atoms with Crippen molar-refractivity contribution in [1.82, 2.24) is 4.98 Å². The fourth-order valence-electron chi connectivity index (χ4n) is 0.511. The number of hydrogen-bond acceptors (Lipinski definition) is 3. The van der Waals surface area contributed by atoms with Crippen LogP contribution in [0.15, 0.2) is 29.6 Å². The van der Waals surface area contributed by atoms with E-state index in [1.807, 2.05) is 6.07 Å². The van der Waals surface area contributed by atoms with Gasteiger partial charge in [-0.1, -0.05) is 11.2 Å². The molecule has 0 bridgehead atoms. The molecule has 9 heavy (non-hydrogen) atoms. The third-order valence-electron chi connectivity index (χ3n) is 0.878. The van der Waals surface area contributed by atoms with Gasteiger partial charge in [0.1, 0.15) is 0 Å². The standard InChI is InChI=1S/C6H6N2O/c9-8-5-6-3-1-2-4-7-6/h1-5,9H/b8-5+. The van der Waals surface area contributed by atoms with Crippen molar-refractivity contribution >= 4 is 6.21 Å². The van der Waals surface area contributed by atoms with Crippen molar-refractivity contribution in [3.63, 3.8) is 0 Å². The highest BCUT2D eigenvalue weighted by molar-refractivity contribution is 5.75. The molecule has 46 valence electrons. The first kappa shape index (κ1) is 5.75. The van der Waals surface area contributed by atoms with Gasteiger partial charge in [0.05, 0.1) is 11.9 Å². The first-order chi connectivity index (χ1) is 4.43. The van der Waals surface area contributed by atoms with Gasteiger partial charge in [-0.25, -0.2) is 0 Å². The average molecular weight is 122 g/mol. The van der Waals surface area contributed by atoms with E-state index >= 15 is 0 Å². The van der Waals surface area contributed by atoms with Gasteiger partial charge in [0.15, 0.2) is 0 Å². The molecule has 1 N–H and O–H groups in total. The second-order valence-corrected chi connectivity index (χ2v) is 1.50. The summed E-state index contributed by atoms with van der Waals surface area (Å²) >= 11 is 0. The molecule has 1 heterocycles. The van der Waals surface area contributed by atoms with Crippen molar-refractivity contribution in [2.45, 2.75) is 0 Å². The minimum atomic E-state index is 0.653. The Balaban J connectivity index is 2.85. The van der Waals surface area contributed by atoms with Gasteiger partial charge >= 0.3 is 0 Å². The van der Waals surface area contributed by atoms with Crippen molar-refractivity contribution in [3.8, 4) is 0 Å². The monoisotopic (exact) mass is 122 g/mol. The summed E-state index contributed by atoms with van der Waals surface area (Å²) in [4.78, 5) is 3.86. The summed E-state index contributed by atoms with van der Waals surface area (Å²) < 4.78 is 0. The fourth-order valence-corrected chi connectivity index (χ4v) is 0.511. The highest BCUT2D eigenvalue weighted by Crippen LogP contribution is 1.86. The zero-order valence-corrected chi connectivity index (χ0v) is 4.73. The predicted octanol–water partition coefficient (Wildman–Crippen LogP) is 0.890. The third-order valence-corrected chi connectivity index (χ3v) is 0.878. The molecule has 0 fully saturated rings. The Morgan fingerprint density at radius 2 is 2.44 bits per heavy atom. The molecular weight excluding hydrogens is 116 g/mol. The van der Waals surface area contributed by atoms with E-state index in [4.69, 9.17) is 5.21 Å². The Labute approximate surface area is 52.7 Å². The molecule has 0 aromatic carbocycles. The lowest BCUT2D eigenvalue weighted by Crippen LogP contribution is -1.83. The Bertz CT molecular complexity index is 195. The van der Waals surface area contributed by atoms with Gasteiger partial charge in [-0.15, -0.1) is 0 Å². The molecule has 0 aliphatic rings. The van der Waals surface area contributed by atoms with Crippen LogP contribution in [0.25, 0.3) is 0 Å². The van der Waals surface area contributed by atoms with Gasteiger partial charge in [-0.3, -0.25) is 4.98 Å². The second kappa shape index (κ2) is 2.81. The molecule has 1 rings (SSSR count). The van der Waals surface area contributed by atoms with Crippen LogP contribution < -0.4 is 0 Å². The lowest BCUT2D eigenvalue weighted by atomic mass is 10.4. The Morgan fingerprint density at radius 1 is 1.56 bits per heavy atom. The molecule has 0 aliphatic carbocycles.